The van der Waals surface area contributed by atoms with E-state index in [-0.39, 0.29) is 5.91 Å². The highest BCUT2D eigenvalue weighted by atomic mass is 32.1. The van der Waals surface area contributed by atoms with Gasteiger partial charge < -0.3 is 14.4 Å². The van der Waals surface area contributed by atoms with Gasteiger partial charge in [0.15, 0.2) is 0 Å². The first-order valence-corrected chi connectivity index (χ1v) is 9.30. The second-order valence-corrected chi connectivity index (χ2v) is 8.09. The zero-order valence-corrected chi connectivity index (χ0v) is 16.1. The zero-order chi connectivity index (χ0) is 18.0. The molecule has 2 aromatic heterocycles. The van der Waals surface area contributed by atoms with Crippen molar-refractivity contribution in [1.82, 2.24) is 14.4 Å². The van der Waals surface area contributed by atoms with Gasteiger partial charge in [-0.25, -0.2) is 0 Å². The normalized spacial score (nSPS) is 11.4. The molecule has 0 N–H and O–H groups in total. The van der Waals surface area contributed by atoms with E-state index in [1.165, 1.54) is 9.75 Å². The van der Waals surface area contributed by atoms with Gasteiger partial charge in [-0.05, 0) is 39.2 Å². The van der Waals surface area contributed by atoms with Gasteiger partial charge in [-0.15, -0.1) is 11.3 Å². The van der Waals surface area contributed by atoms with Crippen LogP contribution in [0.15, 0.2) is 42.6 Å². The fraction of sp³-hybridized carbons (Fsp3) is 0.350. The summed E-state index contributed by atoms with van der Waals surface area (Å²) < 4.78 is 2.03. The molecule has 25 heavy (non-hydrogen) atoms. The molecule has 0 atom stereocenters. The van der Waals surface area contributed by atoms with E-state index in [1.54, 1.807) is 11.3 Å². The number of rotatable bonds is 6. The number of hydrogen-bond donors (Lipinski definition) is 0. The minimum Gasteiger partial charge on any atom is -0.350 e. The molecular formula is C20H25N3OS. The van der Waals surface area contributed by atoms with Crippen LogP contribution in [0.2, 0.25) is 0 Å². The summed E-state index contributed by atoms with van der Waals surface area (Å²) in [6, 6.07) is 12.3. The molecule has 0 fully saturated rings. The SMILES string of the molecule is Cc1ccc(CN(CCN(C)C)C(=O)c2cn(C)c3ccccc23)s1. The van der Waals surface area contributed by atoms with Crippen LogP contribution < -0.4 is 0 Å². The van der Waals surface area contributed by atoms with Gasteiger partial charge in [0.25, 0.3) is 5.91 Å². The lowest BCUT2D eigenvalue weighted by molar-refractivity contribution is 0.0735. The van der Waals surface area contributed by atoms with E-state index in [1.807, 2.05) is 55.0 Å². The molecule has 0 spiro atoms. The van der Waals surface area contributed by atoms with Crippen molar-refractivity contribution in [1.29, 1.82) is 0 Å². The molecule has 0 saturated carbocycles. The van der Waals surface area contributed by atoms with Gasteiger partial charge in [0, 0.05) is 47.0 Å². The lowest BCUT2D eigenvalue weighted by Crippen LogP contribution is -2.36. The molecule has 0 unspecified atom stereocenters. The van der Waals surface area contributed by atoms with Crippen molar-refractivity contribution in [3.8, 4) is 0 Å². The lowest BCUT2D eigenvalue weighted by Gasteiger charge is -2.24. The third-order valence-corrected chi connectivity index (χ3v) is 5.36. The highest BCUT2D eigenvalue weighted by Crippen LogP contribution is 2.24. The van der Waals surface area contributed by atoms with E-state index in [0.717, 1.165) is 23.0 Å². The van der Waals surface area contributed by atoms with Gasteiger partial charge in [-0.1, -0.05) is 18.2 Å². The highest BCUT2D eigenvalue weighted by Gasteiger charge is 2.21. The Kier molecular flexibility index (Phi) is 5.25. The van der Waals surface area contributed by atoms with Crippen molar-refractivity contribution in [2.24, 2.45) is 7.05 Å². The first-order chi connectivity index (χ1) is 12.0. The van der Waals surface area contributed by atoms with E-state index in [9.17, 15) is 4.79 Å². The number of carbonyl (C=O) groups is 1. The molecule has 0 saturated heterocycles. The number of thiophene rings is 1. The Morgan fingerprint density at radius 2 is 1.88 bits per heavy atom. The average molecular weight is 356 g/mol. The summed E-state index contributed by atoms with van der Waals surface area (Å²) in [5, 5.41) is 1.02. The summed E-state index contributed by atoms with van der Waals surface area (Å²) in [5.41, 5.74) is 1.87. The number of para-hydroxylation sites is 1. The summed E-state index contributed by atoms with van der Waals surface area (Å²) in [6.07, 6.45) is 1.95. The number of amides is 1. The van der Waals surface area contributed by atoms with Crippen LogP contribution in [0.4, 0.5) is 0 Å². The van der Waals surface area contributed by atoms with Crippen LogP contribution in [0.3, 0.4) is 0 Å². The molecule has 0 aliphatic heterocycles. The molecule has 0 bridgehead atoms. The summed E-state index contributed by atoms with van der Waals surface area (Å²) in [5.74, 6) is 0.102. The van der Waals surface area contributed by atoms with Crippen molar-refractivity contribution in [2.45, 2.75) is 13.5 Å². The molecule has 4 nitrogen and oxygen atoms in total. The first-order valence-electron chi connectivity index (χ1n) is 8.49. The van der Waals surface area contributed by atoms with Crippen LogP contribution in [0.5, 0.6) is 0 Å². The Hall–Kier alpha value is -2.11. The standard InChI is InChI=1S/C20H25N3OS/c1-15-9-10-16(25-15)13-23(12-11-21(2)3)20(24)18-14-22(4)19-8-6-5-7-17(18)19/h5-10,14H,11-13H2,1-4H3. The van der Waals surface area contributed by atoms with Crippen LogP contribution in [-0.4, -0.2) is 47.5 Å². The summed E-state index contributed by atoms with van der Waals surface area (Å²) in [4.78, 5) is 19.9. The number of benzene rings is 1. The molecule has 5 heteroatoms. The van der Waals surface area contributed by atoms with Gasteiger partial charge in [0.2, 0.25) is 0 Å². The number of aryl methyl sites for hydroxylation is 2. The van der Waals surface area contributed by atoms with Gasteiger partial charge in [0.05, 0.1) is 12.1 Å². The smallest absolute Gasteiger partial charge is 0.256 e. The van der Waals surface area contributed by atoms with Crippen LogP contribution in [0.1, 0.15) is 20.1 Å². The molecule has 2 heterocycles. The van der Waals surface area contributed by atoms with Crippen molar-refractivity contribution in [3.05, 3.63) is 57.9 Å². The average Bonchev–Trinajstić information content (AvgIpc) is 3.14. The Labute approximate surface area is 153 Å². The number of fused-ring (bicyclic) bond motifs is 1. The fourth-order valence-corrected chi connectivity index (χ4v) is 3.92. The van der Waals surface area contributed by atoms with Crippen molar-refractivity contribution in [3.63, 3.8) is 0 Å². The minimum absolute atomic E-state index is 0.102. The predicted octanol–water partition coefficient (Wildman–Crippen LogP) is 3.75. The molecule has 1 aromatic carbocycles. The largest absolute Gasteiger partial charge is 0.350 e. The zero-order valence-electron chi connectivity index (χ0n) is 15.3. The molecule has 0 aliphatic rings. The first kappa shape index (κ1) is 17.7. The monoisotopic (exact) mass is 355 g/mol. The summed E-state index contributed by atoms with van der Waals surface area (Å²) in [6.45, 7) is 4.33. The number of nitrogens with zero attached hydrogens (tertiary/aromatic N) is 3. The van der Waals surface area contributed by atoms with E-state index in [4.69, 9.17) is 0 Å². The Morgan fingerprint density at radius 1 is 1.12 bits per heavy atom. The molecule has 3 aromatic rings. The van der Waals surface area contributed by atoms with Crippen molar-refractivity contribution >= 4 is 28.1 Å². The second kappa shape index (κ2) is 7.42. The fourth-order valence-electron chi connectivity index (χ4n) is 3.01. The van der Waals surface area contributed by atoms with Gasteiger partial charge >= 0.3 is 0 Å². The Balaban J connectivity index is 1.91. The maximum Gasteiger partial charge on any atom is 0.256 e. The number of aromatic nitrogens is 1. The molecule has 0 radical (unpaired) electrons. The third-order valence-electron chi connectivity index (χ3n) is 4.37. The summed E-state index contributed by atoms with van der Waals surface area (Å²) in [7, 11) is 6.07. The van der Waals surface area contributed by atoms with Gasteiger partial charge in [-0.3, -0.25) is 4.79 Å². The van der Waals surface area contributed by atoms with Gasteiger partial charge in [0.1, 0.15) is 0 Å². The minimum atomic E-state index is 0.102. The predicted molar refractivity (Wildman–Crippen MR) is 105 cm³/mol. The number of likely N-dealkylation sites (N-methyl/N-ethyl adjacent to an activating group) is 1. The van der Waals surface area contributed by atoms with E-state index >= 15 is 0 Å². The molecule has 0 aliphatic carbocycles. The third kappa shape index (κ3) is 3.94. The molecule has 132 valence electrons. The molecular weight excluding hydrogens is 330 g/mol. The van der Waals surface area contributed by atoms with Gasteiger partial charge in [-0.2, -0.15) is 0 Å². The van der Waals surface area contributed by atoms with Crippen molar-refractivity contribution in [2.75, 3.05) is 27.2 Å². The maximum atomic E-state index is 13.3. The van der Waals surface area contributed by atoms with Crippen LogP contribution >= 0.6 is 11.3 Å². The van der Waals surface area contributed by atoms with E-state index < -0.39 is 0 Å². The highest BCUT2D eigenvalue weighted by molar-refractivity contribution is 7.11. The van der Waals surface area contributed by atoms with E-state index in [0.29, 0.717) is 13.1 Å². The van der Waals surface area contributed by atoms with Crippen LogP contribution in [0.25, 0.3) is 10.9 Å². The Bertz CT molecular complexity index is 878. The topological polar surface area (TPSA) is 28.5 Å². The summed E-state index contributed by atoms with van der Waals surface area (Å²) >= 11 is 1.76. The van der Waals surface area contributed by atoms with E-state index in [2.05, 4.69) is 30.0 Å². The lowest BCUT2D eigenvalue weighted by atomic mass is 10.1. The maximum absolute atomic E-state index is 13.3. The van der Waals surface area contributed by atoms with Crippen molar-refractivity contribution < 1.29 is 4.79 Å². The number of carbonyl (C=O) groups excluding carboxylic acids is 1. The quantitative estimate of drug-likeness (QED) is 0.674. The molecule has 3 rings (SSSR count). The second-order valence-electron chi connectivity index (χ2n) is 6.71. The Morgan fingerprint density at radius 3 is 2.56 bits per heavy atom. The van der Waals surface area contributed by atoms with Crippen LogP contribution in [-0.2, 0) is 13.6 Å². The molecule has 1 amide bonds. The number of hydrogen-bond acceptors (Lipinski definition) is 3. The van der Waals surface area contributed by atoms with Crippen LogP contribution in [0, 0.1) is 6.92 Å².